The van der Waals surface area contributed by atoms with Crippen LogP contribution in [0.3, 0.4) is 0 Å². The molecule has 0 aliphatic carbocycles. The molecule has 0 heterocycles. The maximum Gasteiger partial charge on any atom is 0.257 e. The normalized spacial score (nSPS) is 13.8. The van der Waals surface area contributed by atoms with Crippen LogP contribution >= 0.6 is 0 Å². The molecule has 0 bridgehead atoms. The lowest BCUT2D eigenvalue weighted by Gasteiger charge is -2.25. The molecular formula is C7H18O3SSi. The number of hydrogen-bond donors (Lipinski definition) is 0. The Hall–Kier alpha value is 0.127. The molecule has 0 radical (unpaired) electrons. The highest BCUT2D eigenvalue weighted by molar-refractivity contribution is 7.87. The topological polar surface area (TPSA) is 43.4 Å². The Morgan fingerprint density at radius 2 is 1.75 bits per heavy atom. The van der Waals surface area contributed by atoms with Gasteiger partial charge in [-0.1, -0.05) is 13.8 Å². The van der Waals surface area contributed by atoms with E-state index < -0.39 is 18.4 Å². The fourth-order valence-electron chi connectivity index (χ4n) is 0.482. The van der Waals surface area contributed by atoms with Crippen molar-refractivity contribution in [3.8, 4) is 0 Å². The van der Waals surface area contributed by atoms with E-state index in [1.807, 2.05) is 26.9 Å². The van der Waals surface area contributed by atoms with Crippen molar-refractivity contribution in [2.24, 2.45) is 0 Å². The second kappa shape index (κ2) is 3.89. The Balaban J connectivity index is 4.46. The van der Waals surface area contributed by atoms with Crippen LogP contribution in [-0.2, 0) is 14.0 Å². The lowest BCUT2D eigenvalue weighted by atomic mass is 10.6. The van der Waals surface area contributed by atoms with E-state index in [1.165, 1.54) is 0 Å². The summed E-state index contributed by atoms with van der Waals surface area (Å²) in [6, 6.07) is 0. The molecule has 0 N–H and O–H groups in total. The monoisotopic (exact) mass is 210 g/mol. The molecule has 3 nitrogen and oxygen atoms in total. The molecule has 12 heavy (non-hydrogen) atoms. The van der Waals surface area contributed by atoms with E-state index in [2.05, 4.69) is 0 Å². The van der Waals surface area contributed by atoms with Gasteiger partial charge in [0.05, 0.1) is 5.75 Å². The van der Waals surface area contributed by atoms with E-state index in [1.54, 1.807) is 6.92 Å². The molecule has 0 aliphatic rings. The van der Waals surface area contributed by atoms with Gasteiger partial charge < -0.3 is 3.87 Å². The lowest BCUT2D eigenvalue weighted by molar-refractivity contribution is 0.477. The molecule has 0 atom stereocenters. The van der Waals surface area contributed by atoms with Crippen LogP contribution in [0, 0.1) is 0 Å². The van der Waals surface area contributed by atoms with Gasteiger partial charge >= 0.3 is 0 Å². The van der Waals surface area contributed by atoms with Crippen molar-refractivity contribution >= 4 is 18.4 Å². The molecule has 0 aromatic rings. The van der Waals surface area contributed by atoms with Gasteiger partial charge in [-0.25, -0.2) is 8.42 Å². The lowest BCUT2D eigenvalue weighted by Crippen LogP contribution is -2.37. The highest BCUT2D eigenvalue weighted by Crippen LogP contribution is 2.23. The van der Waals surface area contributed by atoms with Gasteiger partial charge in [0.25, 0.3) is 10.1 Å². The maximum atomic E-state index is 11.1. The Labute approximate surface area is 76.4 Å². The van der Waals surface area contributed by atoms with Crippen LogP contribution < -0.4 is 0 Å². The van der Waals surface area contributed by atoms with Crippen LogP contribution in [0.4, 0.5) is 0 Å². The maximum absolute atomic E-state index is 11.1. The zero-order chi connectivity index (χ0) is 9.99. The highest BCUT2D eigenvalue weighted by Gasteiger charge is 2.32. The van der Waals surface area contributed by atoms with E-state index in [4.69, 9.17) is 3.87 Å². The fraction of sp³-hybridized carbons (Fsp3) is 1.00. The minimum Gasteiger partial charge on any atom is -0.315 e. The molecule has 0 fully saturated rings. The summed E-state index contributed by atoms with van der Waals surface area (Å²) in [7, 11) is -5.29. The summed E-state index contributed by atoms with van der Waals surface area (Å²) < 4.78 is 27.4. The molecule has 74 valence electrons. The van der Waals surface area contributed by atoms with Gasteiger partial charge in [-0.05, 0) is 25.6 Å². The van der Waals surface area contributed by atoms with Crippen molar-refractivity contribution in [3.05, 3.63) is 0 Å². The first-order valence-electron chi connectivity index (χ1n) is 4.14. The molecule has 0 unspecified atom stereocenters. The van der Waals surface area contributed by atoms with Crippen molar-refractivity contribution in [2.45, 2.75) is 39.4 Å². The third kappa shape index (κ3) is 3.69. The zero-order valence-electron chi connectivity index (χ0n) is 8.42. The van der Waals surface area contributed by atoms with Crippen LogP contribution in [0.5, 0.6) is 0 Å². The summed E-state index contributed by atoms with van der Waals surface area (Å²) in [6.45, 7) is 9.44. The van der Waals surface area contributed by atoms with Gasteiger partial charge in [-0.3, -0.25) is 0 Å². The van der Waals surface area contributed by atoms with Gasteiger partial charge in [0.2, 0.25) is 8.32 Å². The van der Waals surface area contributed by atoms with Gasteiger partial charge in [0.1, 0.15) is 0 Å². The van der Waals surface area contributed by atoms with Crippen molar-refractivity contribution in [2.75, 3.05) is 5.75 Å². The molecule has 5 heteroatoms. The van der Waals surface area contributed by atoms with Crippen molar-refractivity contribution < 1.29 is 12.3 Å². The van der Waals surface area contributed by atoms with Crippen LogP contribution in [0.15, 0.2) is 0 Å². The van der Waals surface area contributed by atoms with Crippen LogP contribution in [0.25, 0.3) is 0 Å². The Kier molecular flexibility index (Phi) is 3.93. The second-order valence-electron chi connectivity index (χ2n) is 3.69. The van der Waals surface area contributed by atoms with E-state index in [9.17, 15) is 8.42 Å². The quantitative estimate of drug-likeness (QED) is 0.666. The third-order valence-electron chi connectivity index (χ3n) is 2.09. The van der Waals surface area contributed by atoms with Crippen molar-refractivity contribution in [3.63, 3.8) is 0 Å². The summed E-state index contributed by atoms with van der Waals surface area (Å²) >= 11 is 0. The highest BCUT2D eigenvalue weighted by atomic mass is 32.2. The molecule has 0 aromatic carbocycles. The average Bonchev–Trinajstić information content (AvgIpc) is 1.85. The summed E-state index contributed by atoms with van der Waals surface area (Å²) in [5.74, 6) is 0.0656. The Morgan fingerprint density at radius 1 is 1.33 bits per heavy atom. The van der Waals surface area contributed by atoms with Crippen molar-refractivity contribution in [1.82, 2.24) is 0 Å². The van der Waals surface area contributed by atoms with E-state index in [0.717, 1.165) is 0 Å². The first-order chi connectivity index (χ1) is 5.21. The zero-order valence-corrected chi connectivity index (χ0v) is 10.2. The largest absolute Gasteiger partial charge is 0.315 e. The first kappa shape index (κ1) is 12.1. The SMILES string of the molecule is CCS(=O)(=O)O[Si](C)(C)C(C)C. The van der Waals surface area contributed by atoms with Gasteiger partial charge in [-0.2, -0.15) is 0 Å². The molecule has 0 saturated heterocycles. The predicted molar refractivity (Wildman–Crippen MR) is 53.1 cm³/mol. The molecule has 0 spiro atoms. The van der Waals surface area contributed by atoms with Crippen LogP contribution in [0.2, 0.25) is 18.6 Å². The second-order valence-corrected chi connectivity index (χ2v) is 10.4. The summed E-state index contributed by atoms with van der Waals surface area (Å²) in [6.07, 6.45) is 0. The van der Waals surface area contributed by atoms with E-state index in [-0.39, 0.29) is 5.75 Å². The molecule has 0 amide bonds. The number of hydrogen-bond acceptors (Lipinski definition) is 3. The van der Waals surface area contributed by atoms with Gasteiger partial charge in [-0.15, -0.1) is 0 Å². The fourth-order valence-corrected chi connectivity index (χ4v) is 4.34. The Bertz CT molecular complexity index is 231. The first-order valence-corrected chi connectivity index (χ1v) is 8.71. The standard InChI is InChI=1S/C7H18O3SSi/c1-6-11(8,9)10-12(4,5)7(2)3/h7H,6H2,1-5H3. The van der Waals surface area contributed by atoms with Crippen LogP contribution in [0.1, 0.15) is 20.8 Å². The molecule has 0 saturated carbocycles. The minimum atomic E-state index is -3.26. The predicted octanol–water partition coefficient (Wildman–Crippen LogP) is 1.97. The summed E-state index contributed by atoms with van der Waals surface area (Å²) in [5.41, 5.74) is 0.318. The number of rotatable bonds is 4. The van der Waals surface area contributed by atoms with Crippen molar-refractivity contribution in [1.29, 1.82) is 0 Å². The smallest absolute Gasteiger partial charge is 0.257 e. The van der Waals surface area contributed by atoms with E-state index in [0.29, 0.717) is 5.54 Å². The minimum absolute atomic E-state index is 0.0656. The molecule has 0 aliphatic heterocycles. The van der Waals surface area contributed by atoms with E-state index >= 15 is 0 Å². The average molecular weight is 210 g/mol. The summed E-state index contributed by atoms with van der Waals surface area (Å²) in [4.78, 5) is 0. The summed E-state index contributed by atoms with van der Waals surface area (Å²) in [5, 5.41) is 0. The van der Waals surface area contributed by atoms with Gasteiger partial charge in [0.15, 0.2) is 0 Å². The molecule has 0 aromatic heterocycles. The van der Waals surface area contributed by atoms with Gasteiger partial charge in [0, 0.05) is 0 Å². The Morgan fingerprint density at radius 3 is 2.00 bits per heavy atom. The van der Waals surface area contributed by atoms with Crippen LogP contribution in [-0.4, -0.2) is 22.5 Å². The molecular weight excluding hydrogens is 192 g/mol. The molecule has 0 rings (SSSR count). The third-order valence-corrected chi connectivity index (χ3v) is 8.31.